The van der Waals surface area contributed by atoms with E-state index in [1.807, 2.05) is 0 Å². The molecule has 0 unspecified atom stereocenters. The van der Waals surface area contributed by atoms with E-state index >= 15 is 0 Å². The Kier molecular flexibility index (Phi) is 14.9. The van der Waals surface area contributed by atoms with Gasteiger partial charge < -0.3 is 9.13 Å². The van der Waals surface area contributed by atoms with Gasteiger partial charge in [0.15, 0.2) is 0 Å². The molecule has 20 rings (SSSR count). The van der Waals surface area contributed by atoms with Crippen LogP contribution in [0.15, 0.2) is 400 Å². The Balaban J connectivity index is 0.000000141. The zero-order valence-corrected chi connectivity index (χ0v) is 56.0. The van der Waals surface area contributed by atoms with Gasteiger partial charge in [0, 0.05) is 32.9 Å². The van der Waals surface area contributed by atoms with E-state index in [9.17, 15) is 0 Å². The van der Waals surface area contributed by atoms with E-state index in [4.69, 9.17) is 0 Å². The Morgan fingerprint density at radius 2 is 0.373 bits per heavy atom. The van der Waals surface area contributed by atoms with E-state index < -0.39 is 0 Å². The molecule has 2 heterocycles. The summed E-state index contributed by atoms with van der Waals surface area (Å²) in [6.07, 6.45) is 0. The first-order valence-corrected chi connectivity index (χ1v) is 35.2. The van der Waals surface area contributed by atoms with Gasteiger partial charge in [0.1, 0.15) is 0 Å². The monoisotopic (exact) mass is 1290 g/mol. The molecular formula is C100H66N2. The lowest BCUT2D eigenvalue weighted by Gasteiger charge is -2.10. The quantitative estimate of drug-likeness (QED) is 0.129. The van der Waals surface area contributed by atoms with E-state index in [0.29, 0.717) is 0 Å². The van der Waals surface area contributed by atoms with Crippen molar-refractivity contribution in [3.05, 3.63) is 400 Å². The second-order valence-electron chi connectivity index (χ2n) is 26.8. The lowest BCUT2D eigenvalue weighted by Crippen LogP contribution is -1.93. The van der Waals surface area contributed by atoms with Gasteiger partial charge in [-0.3, -0.25) is 0 Å². The average Bonchev–Trinajstić information content (AvgIpc) is 1.59. The molecule has 0 aliphatic rings. The van der Waals surface area contributed by atoms with E-state index in [1.165, 1.54) is 176 Å². The third-order valence-electron chi connectivity index (χ3n) is 20.7. The first-order valence-electron chi connectivity index (χ1n) is 35.2. The summed E-state index contributed by atoms with van der Waals surface area (Å²) < 4.78 is 4.80. The molecule has 0 N–H and O–H groups in total. The number of aromatic nitrogens is 2. The highest BCUT2D eigenvalue weighted by molar-refractivity contribution is 6.14. The molecule has 2 aromatic heterocycles. The van der Waals surface area contributed by atoms with Gasteiger partial charge in [-0.15, -0.1) is 0 Å². The molecule has 102 heavy (non-hydrogen) atoms. The fourth-order valence-electron chi connectivity index (χ4n) is 15.7. The predicted octanol–water partition coefficient (Wildman–Crippen LogP) is 27.5. The largest absolute Gasteiger partial charge is 0.309 e. The van der Waals surface area contributed by atoms with Crippen LogP contribution in [0.2, 0.25) is 0 Å². The highest BCUT2D eigenvalue weighted by atomic mass is 15.0. The van der Waals surface area contributed by atoms with Crippen molar-refractivity contribution < 1.29 is 0 Å². The summed E-state index contributed by atoms with van der Waals surface area (Å²) in [6, 6.07) is 146. The van der Waals surface area contributed by atoms with Crippen LogP contribution in [0.3, 0.4) is 0 Å². The number of nitrogens with zero attached hydrogens (tertiary/aromatic N) is 2. The van der Waals surface area contributed by atoms with Crippen LogP contribution in [0.4, 0.5) is 0 Å². The fraction of sp³-hybridized carbons (Fsp3) is 0. The van der Waals surface area contributed by atoms with Crippen molar-refractivity contribution in [1.82, 2.24) is 9.13 Å². The van der Waals surface area contributed by atoms with Crippen molar-refractivity contribution in [2.75, 3.05) is 0 Å². The first kappa shape index (κ1) is 59.8. The minimum Gasteiger partial charge on any atom is -0.309 e. The number of benzene rings is 18. The Morgan fingerprint density at radius 1 is 0.127 bits per heavy atom. The minimum atomic E-state index is 1.16. The van der Waals surface area contributed by atoms with Crippen LogP contribution in [0.25, 0.3) is 187 Å². The van der Waals surface area contributed by atoms with Gasteiger partial charge in [-0.1, -0.05) is 291 Å². The average molecular weight is 1300 g/mol. The number of rotatable bonds is 10. The van der Waals surface area contributed by atoms with Crippen molar-refractivity contribution in [2.45, 2.75) is 0 Å². The van der Waals surface area contributed by atoms with Gasteiger partial charge in [0.2, 0.25) is 0 Å². The van der Waals surface area contributed by atoms with Gasteiger partial charge >= 0.3 is 0 Å². The number of fused-ring (bicyclic) bond motifs is 10. The van der Waals surface area contributed by atoms with Gasteiger partial charge in [-0.25, -0.2) is 0 Å². The molecule has 0 atom stereocenters. The maximum atomic E-state index is 2.40. The Labute approximate surface area is 592 Å². The van der Waals surface area contributed by atoms with Crippen molar-refractivity contribution in [2.24, 2.45) is 0 Å². The standard InChI is InChI=1S/2C50H33N/c1-2-20-42(21-3-1)51-49-28-26-38(36-16-8-18-40(30-36)45-24-10-14-34-12-4-6-22-43(34)45)32-47(49)48-33-39(27-29-50(48)51)37-17-9-19-41(31-37)46-25-11-15-35-13-5-7-23-44(35)46;1-2-18-46(19-3-1)51-49-26-24-44(40-16-8-14-38(30-40)42-22-20-34-10-4-6-12-36(34)28-42)32-47(49)48-33-45(25-27-50(48)51)41-17-9-15-39(31-41)43-23-21-35-11-5-7-13-37(35)29-43/h2*1-33H. The number of hydrogen-bond donors (Lipinski definition) is 0. The SMILES string of the molecule is c1ccc(-n2c3ccc(-c4cccc(-c5ccc6ccccc6c5)c4)cc3c3cc(-c4cccc(-c5ccc6ccccc6c5)c4)ccc32)cc1.c1ccc(-n2c3ccc(-c4cccc(-c5cccc6ccccc56)c4)cc3c3cc(-c4cccc(-c5cccc6ccccc56)c4)ccc32)cc1. The van der Waals surface area contributed by atoms with Crippen molar-refractivity contribution >= 4 is 86.7 Å². The van der Waals surface area contributed by atoms with Crippen LogP contribution in [-0.2, 0) is 0 Å². The summed E-state index contributed by atoms with van der Waals surface area (Å²) in [5.41, 5.74) is 26.7. The van der Waals surface area contributed by atoms with Crippen molar-refractivity contribution in [1.29, 1.82) is 0 Å². The first-order chi connectivity index (χ1) is 50.5. The van der Waals surface area contributed by atoms with Gasteiger partial charge in [-0.2, -0.15) is 0 Å². The summed E-state index contributed by atoms with van der Waals surface area (Å²) in [6.45, 7) is 0. The summed E-state index contributed by atoms with van der Waals surface area (Å²) in [4.78, 5) is 0. The number of para-hydroxylation sites is 2. The summed E-state index contributed by atoms with van der Waals surface area (Å²) in [7, 11) is 0. The van der Waals surface area contributed by atoms with E-state index in [-0.39, 0.29) is 0 Å². The van der Waals surface area contributed by atoms with Crippen LogP contribution in [0, 0.1) is 0 Å². The fourth-order valence-corrected chi connectivity index (χ4v) is 15.7. The van der Waals surface area contributed by atoms with Crippen LogP contribution < -0.4 is 0 Å². The van der Waals surface area contributed by atoms with E-state index in [2.05, 4.69) is 410 Å². The van der Waals surface area contributed by atoms with Crippen LogP contribution in [0.1, 0.15) is 0 Å². The zero-order valence-electron chi connectivity index (χ0n) is 56.0. The molecule has 0 fully saturated rings. The van der Waals surface area contributed by atoms with E-state index in [0.717, 1.165) is 11.4 Å². The van der Waals surface area contributed by atoms with E-state index in [1.54, 1.807) is 0 Å². The van der Waals surface area contributed by atoms with Crippen LogP contribution in [-0.4, -0.2) is 9.13 Å². The van der Waals surface area contributed by atoms with Crippen LogP contribution >= 0.6 is 0 Å². The molecule has 0 saturated carbocycles. The van der Waals surface area contributed by atoms with Gasteiger partial charge in [-0.05, 0) is 241 Å². The number of hydrogen-bond acceptors (Lipinski definition) is 0. The molecule has 0 bridgehead atoms. The van der Waals surface area contributed by atoms with Gasteiger partial charge in [0.25, 0.3) is 0 Å². The van der Waals surface area contributed by atoms with Gasteiger partial charge in [0.05, 0.1) is 22.1 Å². The smallest absolute Gasteiger partial charge is 0.0541 e. The zero-order chi connectivity index (χ0) is 67.5. The summed E-state index contributed by atoms with van der Waals surface area (Å²) in [5, 5.41) is 15.1. The van der Waals surface area contributed by atoms with Crippen molar-refractivity contribution in [3.8, 4) is 100 Å². The highest BCUT2D eigenvalue weighted by Crippen LogP contribution is 2.43. The molecule has 0 spiro atoms. The Hall–Kier alpha value is -13.4. The molecule has 0 radical (unpaired) electrons. The maximum absolute atomic E-state index is 2.40. The molecule has 18 aromatic carbocycles. The maximum Gasteiger partial charge on any atom is 0.0541 e. The lowest BCUT2D eigenvalue weighted by atomic mass is 9.94. The molecule has 0 aliphatic carbocycles. The predicted molar refractivity (Wildman–Crippen MR) is 435 cm³/mol. The molecular weight excluding hydrogens is 1230 g/mol. The third kappa shape index (κ3) is 11.0. The molecule has 2 nitrogen and oxygen atoms in total. The lowest BCUT2D eigenvalue weighted by molar-refractivity contribution is 1.18. The molecule has 0 saturated heterocycles. The second kappa shape index (κ2) is 25.5. The summed E-state index contributed by atoms with van der Waals surface area (Å²) >= 11 is 0. The molecule has 0 aliphatic heterocycles. The Bertz CT molecular complexity index is 6260. The summed E-state index contributed by atoms with van der Waals surface area (Å²) in [5.74, 6) is 0. The normalized spacial score (nSPS) is 11.5. The molecule has 476 valence electrons. The Morgan fingerprint density at radius 3 is 0.725 bits per heavy atom. The minimum absolute atomic E-state index is 1.16. The van der Waals surface area contributed by atoms with Crippen molar-refractivity contribution in [3.63, 3.8) is 0 Å². The topological polar surface area (TPSA) is 9.86 Å². The molecule has 2 heteroatoms. The highest BCUT2D eigenvalue weighted by Gasteiger charge is 2.19. The second-order valence-corrected chi connectivity index (χ2v) is 26.8. The van der Waals surface area contributed by atoms with Crippen LogP contribution in [0.5, 0.6) is 0 Å². The molecule has 0 amide bonds. The third-order valence-corrected chi connectivity index (χ3v) is 20.7. The molecule has 20 aromatic rings.